The molecule has 0 aliphatic heterocycles. The van der Waals surface area contributed by atoms with Gasteiger partial charge in [0, 0.05) is 16.6 Å². The highest BCUT2D eigenvalue weighted by Crippen LogP contribution is 2.25. The molecule has 1 aromatic carbocycles. The van der Waals surface area contributed by atoms with Gasteiger partial charge in [0.2, 0.25) is 5.91 Å². The van der Waals surface area contributed by atoms with Gasteiger partial charge in [0.1, 0.15) is 11.2 Å². The maximum atomic E-state index is 12.2. The molecule has 9 heteroatoms. The summed E-state index contributed by atoms with van der Waals surface area (Å²) >= 11 is 4.13. The summed E-state index contributed by atoms with van der Waals surface area (Å²) in [5, 5.41) is 16.2. The van der Waals surface area contributed by atoms with Crippen LogP contribution in [-0.4, -0.2) is 30.9 Å². The average molecular weight is 349 g/mol. The van der Waals surface area contributed by atoms with Gasteiger partial charge in [-0.1, -0.05) is 39.7 Å². The molecule has 1 N–H and O–H groups in total. The Balaban J connectivity index is 1.61. The van der Waals surface area contributed by atoms with Crippen molar-refractivity contribution in [3.63, 3.8) is 0 Å². The minimum atomic E-state index is -0.240. The van der Waals surface area contributed by atoms with Gasteiger partial charge in [-0.2, -0.15) is 0 Å². The molecule has 0 spiro atoms. The highest BCUT2D eigenvalue weighted by atomic mass is 32.2. The van der Waals surface area contributed by atoms with Crippen molar-refractivity contribution in [2.24, 2.45) is 0 Å². The first-order valence-electron chi connectivity index (χ1n) is 6.33. The molecule has 3 rings (SSSR count). The van der Waals surface area contributed by atoms with E-state index in [4.69, 9.17) is 0 Å². The van der Waals surface area contributed by atoms with E-state index in [-0.39, 0.29) is 11.2 Å². The zero-order chi connectivity index (χ0) is 15.4. The molecule has 2 aromatic heterocycles. The van der Waals surface area contributed by atoms with Crippen molar-refractivity contribution in [1.29, 1.82) is 0 Å². The van der Waals surface area contributed by atoms with Crippen LogP contribution in [0.4, 0.5) is 5.69 Å². The molecule has 0 unspecified atom stereocenters. The van der Waals surface area contributed by atoms with Crippen LogP contribution in [0.25, 0.3) is 11.3 Å². The Morgan fingerprint density at radius 2 is 2.09 bits per heavy atom. The quantitative estimate of drug-likeness (QED) is 0.713. The monoisotopic (exact) mass is 349 g/mol. The maximum absolute atomic E-state index is 12.2. The fraction of sp³-hybridized carbons (Fsp3) is 0.154. The number of anilines is 1. The summed E-state index contributed by atoms with van der Waals surface area (Å²) in [6.07, 6.45) is 0. The number of nitrogens with zero attached hydrogens (tertiary/aromatic N) is 4. The second kappa shape index (κ2) is 6.95. The number of hydrogen-bond acceptors (Lipinski definition) is 8. The second-order valence-electron chi connectivity index (χ2n) is 4.32. The number of amides is 1. The number of rotatable bonds is 5. The van der Waals surface area contributed by atoms with Crippen molar-refractivity contribution in [2.75, 3.05) is 5.32 Å². The summed E-state index contributed by atoms with van der Waals surface area (Å²) in [6, 6.07) is 7.54. The first-order valence-corrected chi connectivity index (χ1v) is 8.93. The molecule has 0 saturated carbocycles. The number of aromatic nitrogens is 4. The SMILES string of the molecule is C[C@H](Sc1nncs1)C(=O)Nc1ccc(-c2csnn2)cc1. The molecule has 1 atom stereocenters. The second-order valence-corrected chi connectivity index (χ2v) is 7.35. The van der Waals surface area contributed by atoms with Gasteiger partial charge in [-0.3, -0.25) is 4.79 Å². The summed E-state index contributed by atoms with van der Waals surface area (Å²) in [4.78, 5) is 12.2. The fourth-order valence-electron chi connectivity index (χ4n) is 1.68. The van der Waals surface area contributed by atoms with E-state index in [1.54, 1.807) is 5.51 Å². The Morgan fingerprint density at radius 3 is 2.73 bits per heavy atom. The topological polar surface area (TPSA) is 80.7 Å². The van der Waals surface area contributed by atoms with E-state index in [0.717, 1.165) is 21.3 Å². The summed E-state index contributed by atoms with van der Waals surface area (Å²) in [7, 11) is 0. The van der Waals surface area contributed by atoms with E-state index in [9.17, 15) is 4.79 Å². The van der Waals surface area contributed by atoms with E-state index in [0.29, 0.717) is 0 Å². The van der Waals surface area contributed by atoms with Gasteiger partial charge in [-0.25, -0.2) is 0 Å². The van der Waals surface area contributed by atoms with Crippen molar-refractivity contribution >= 4 is 46.2 Å². The molecule has 0 aliphatic rings. The van der Waals surface area contributed by atoms with Gasteiger partial charge in [0.05, 0.1) is 5.25 Å². The van der Waals surface area contributed by atoms with E-state index < -0.39 is 0 Å². The lowest BCUT2D eigenvalue weighted by Crippen LogP contribution is -2.22. The molecule has 0 radical (unpaired) electrons. The number of hydrogen-bond donors (Lipinski definition) is 1. The summed E-state index contributed by atoms with van der Waals surface area (Å²) in [5.41, 5.74) is 4.21. The number of benzene rings is 1. The van der Waals surface area contributed by atoms with Crippen LogP contribution < -0.4 is 5.32 Å². The lowest BCUT2D eigenvalue weighted by atomic mass is 10.1. The van der Waals surface area contributed by atoms with E-state index in [1.165, 1.54) is 34.6 Å². The van der Waals surface area contributed by atoms with Crippen molar-refractivity contribution in [2.45, 2.75) is 16.5 Å². The van der Waals surface area contributed by atoms with Crippen molar-refractivity contribution in [1.82, 2.24) is 19.8 Å². The molecule has 6 nitrogen and oxygen atoms in total. The van der Waals surface area contributed by atoms with Crippen molar-refractivity contribution in [3.8, 4) is 11.3 Å². The Hall–Kier alpha value is -1.84. The molecule has 1 amide bonds. The Bertz CT molecular complexity index is 728. The minimum Gasteiger partial charge on any atom is -0.325 e. The number of carbonyl (C=O) groups excluding carboxylic acids is 1. The predicted octanol–water partition coefficient (Wildman–Crippen LogP) is 3.18. The smallest absolute Gasteiger partial charge is 0.237 e. The van der Waals surface area contributed by atoms with Gasteiger partial charge in [-0.15, -0.1) is 15.3 Å². The lowest BCUT2D eigenvalue weighted by Gasteiger charge is -2.10. The first kappa shape index (κ1) is 15.1. The molecule has 0 saturated heterocycles. The number of carbonyl (C=O) groups is 1. The van der Waals surface area contributed by atoms with Crippen LogP contribution in [0, 0.1) is 0 Å². The van der Waals surface area contributed by atoms with Crippen LogP contribution >= 0.6 is 34.6 Å². The van der Waals surface area contributed by atoms with Crippen molar-refractivity contribution < 1.29 is 4.79 Å². The van der Waals surface area contributed by atoms with Crippen LogP contribution in [0.15, 0.2) is 39.5 Å². The predicted molar refractivity (Wildman–Crippen MR) is 89.2 cm³/mol. The molecule has 3 aromatic rings. The molecule has 0 aliphatic carbocycles. The van der Waals surface area contributed by atoms with Gasteiger partial charge >= 0.3 is 0 Å². The molecule has 0 fully saturated rings. The Kier molecular flexibility index (Phi) is 4.76. The van der Waals surface area contributed by atoms with E-state index >= 15 is 0 Å². The van der Waals surface area contributed by atoms with Gasteiger partial charge in [-0.05, 0) is 30.6 Å². The third-order valence-corrected chi connectivity index (χ3v) is 5.21. The lowest BCUT2D eigenvalue weighted by molar-refractivity contribution is -0.115. The molecular formula is C13H11N5OS3. The van der Waals surface area contributed by atoms with Crippen LogP contribution in [0.5, 0.6) is 0 Å². The number of nitrogens with one attached hydrogen (secondary N) is 1. The molecule has 112 valence electrons. The molecular weight excluding hydrogens is 338 g/mol. The number of thioether (sulfide) groups is 1. The van der Waals surface area contributed by atoms with Gasteiger partial charge in [0.25, 0.3) is 0 Å². The minimum absolute atomic E-state index is 0.0664. The van der Waals surface area contributed by atoms with Crippen LogP contribution in [0.1, 0.15) is 6.92 Å². The van der Waals surface area contributed by atoms with Crippen LogP contribution in [0.2, 0.25) is 0 Å². The highest BCUT2D eigenvalue weighted by molar-refractivity contribution is 8.02. The summed E-state index contributed by atoms with van der Waals surface area (Å²) < 4.78 is 4.62. The van der Waals surface area contributed by atoms with Crippen molar-refractivity contribution in [3.05, 3.63) is 35.2 Å². The van der Waals surface area contributed by atoms with E-state index in [1.807, 2.05) is 36.6 Å². The highest BCUT2D eigenvalue weighted by Gasteiger charge is 2.16. The van der Waals surface area contributed by atoms with Crippen LogP contribution in [-0.2, 0) is 4.79 Å². The third kappa shape index (κ3) is 3.67. The molecule has 2 heterocycles. The fourth-order valence-corrected chi connectivity index (χ4v) is 3.77. The largest absolute Gasteiger partial charge is 0.325 e. The zero-order valence-corrected chi connectivity index (χ0v) is 13.9. The van der Waals surface area contributed by atoms with Gasteiger partial charge < -0.3 is 5.32 Å². The first-order chi connectivity index (χ1) is 10.7. The third-order valence-electron chi connectivity index (χ3n) is 2.80. The van der Waals surface area contributed by atoms with Gasteiger partial charge in [0.15, 0.2) is 4.34 Å². The maximum Gasteiger partial charge on any atom is 0.237 e. The van der Waals surface area contributed by atoms with E-state index in [2.05, 4.69) is 25.1 Å². The normalized spacial score (nSPS) is 12.0. The average Bonchev–Trinajstić information content (AvgIpc) is 3.21. The zero-order valence-electron chi connectivity index (χ0n) is 11.5. The van der Waals surface area contributed by atoms with Crippen LogP contribution in [0.3, 0.4) is 0 Å². The summed E-state index contributed by atoms with van der Waals surface area (Å²) in [5.74, 6) is -0.0664. The summed E-state index contributed by atoms with van der Waals surface area (Å²) in [6.45, 7) is 1.84. The molecule has 0 bridgehead atoms. The standard InChI is InChI=1S/C13H11N5OS3/c1-8(22-13-17-14-7-20-13)12(19)15-10-4-2-9(3-5-10)11-6-21-18-16-11/h2-8H,1H3,(H,15,19)/t8-/m0/s1. The Morgan fingerprint density at radius 1 is 1.27 bits per heavy atom. The Labute approximate surface area is 139 Å². The molecule has 22 heavy (non-hydrogen) atoms.